The van der Waals surface area contributed by atoms with Gasteiger partial charge in [0.1, 0.15) is 28.7 Å². The van der Waals surface area contributed by atoms with E-state index in [1.54, 1.807) is 81.6 Å². The Morgan fingerprint density at radius 3 is 1.74 bits per heavy atom. The molecule has 5 aromatic rings. The Bertz CT molecular complexity index is 1840. The molecule has 0 unspecified atom stereocenters. The Kier molecular flexibility index (Phi) is 9.91. The van der Waals surface area contributed by atoms with Gasteiger partial charge in [0.05, 0.1) is 19.8 Å². The van der Waals surface area contributed by atoms with Crippen LogP contribution in [-0.2, 0) is 9.59 Å². The van der Waals surface area contributed by atoms with Crippen LogP contribution >= 0.6 is 0 Å². The van der Waals surface area contributed by atoms with Crippen LogP contribution < -0.4 is 28.4 Å². The molecule has 0 atom stereocenters. The normalized spacial score (nSPS) is 10.8. The third-order valence-corrected chi connectivity index (χ3v) is 7.12. The number of rotatable bonds is 12. The van der Waals surface area contributed by atoms with E-state index in [0.29, 0.717) is 34.3 Å². The van der Waals surface area contributed by atoms with Crippen LogP contribution in [0.4, 0.5) is 0 Å². The van der Waals surface area contributed by atoms with E-state index >= 15 is 0 Å². The summed E-state index contributed by atoms with van der Waals surface area (Å²) < 4.78 is 33.6. The quantitative estimate of drug-likeness (QED) is 0.0770. The van der Waals surface area contributed by atoms with Gasteiger partial charge in [0.2, 0.25) is 5.60 Å². The van der Waals surface area contributed by atoms with Crippen LogP contribution in [0.25, 0.3) is 16.7 Å². The van der Waals surface area contributed by atoms with Crippen molar-refractivity contribution >= 4 is 17.5 Å². The molecular weight excluding hydrogens is 596 g/mol. The van der Waals surface area contributed by atoms with Gasteiger partial charge in [-0.05, 0) is 103 Å². The number of carbonyl (C=O) groups is 2. The number of methoxy groups -OCH3 is 2. The van der Waals surface area contributed by atoms with Crippen molar-refractivity contribution < 1.29 is 38.0 Å². The molecule has 238 valence electrons. The molecule has 0 aliphatic rings. The summed E-state index contributed by atoms with van der Waals surface area (Å²) in [6.07, 6.45) is 0. The SMILES string of the molecule is C=C(C(=O)Oc1ccc(Oc2ccc(-c3ccccc3)cc2)cc1)c1ccc(OC(=O)C(C)(C)Oc2ccc(OC)cc2)c(OC)c1. The van der Waals surface area contributed by atoms with Crippen LogP contribution in [0.2, 0.25) is 0 Å². The van der Waals surface area contributed by atoms with Gasteiger partial charge < -0.3 is 28.4 Å². The average Bonchev–Trinajstić information content (AvgIpc) is 3.09. The van der Waals surface area contributed by atoms with Crippen LogP contribution in [0.1, 0.15) is 19.4 Å². The molecule has 0 saturated heterocycles. The largest absolute Gasteiger partial charge is 0.497 e. The first-order chi connectivity index (χ1) is 22.6. The van der Waals surface area contributed by atoms with Crippen molar-refractivity contribution in [2.45, 2.75) is 19.4 Å². The Hall–Kier alpha value is -6.02. The van der Waals surface area contributed by atoms with Crippen molar-refractivity contribution in [3.8, 4) is 51.4 Å². The molecule has 0 spiro atoms. The van der Waals surface area contributed by atoms with Crippen LogP contribution in [0, 0.1) is 0 Å². The molecule has 0 aliphatic carbocycles. The van der Waals surface area contributed by atoms with E-state index in [4.69, 9.17) is 28.4 Å². The number of hydrogen-bond donors (Lipinski definition) is 0. The number of esters is 2. The molecule has 8 heteroatoms. The Balaban J connectivity index is 1.18. The fourth-order valence-electron chi connectivity index (χ4n) is 4.49. The van der Waals surface area contributed by atoms with Gasteiger partial charge in [-0.15, -0.1) is 0 Å². The molecule has 0 aromatic heterocycles. The fourth-order valence-corrected chi connectivity index (χ4v) is 4.49. The van der Waals surface area contributed by atoms with E-state index in [2.05, 4.69) is 18.7 Å². The van der Waals surface area contributed by atoms with Gasteiger partial charge in [-0.25, -0.2) is 9.59 Å². The fraction of sp³-hybridized carbons (Fsp3) is 0.128. The second-order valence-corrected chi connectivity index (χ2v) is 10.9. The first-order valence-corrected chi connectivity index (χ1v) is 14.7. The van der Waals surface area contributed by atoms with E-state index in [1.165, 1.54) is 13.2 Å². The lowest BCUT2D eigenvalue weighted by atomic mass is 10.1. The van der Waals surface area contributed by atoms with Gasteiger partial charge >= 0.3 is 11.9 Å². The molecule has 0 radical (unpaired) electrons. The molecule has 47 heavy (non-hydrogen) atoms. The molecule has 0 heterocycles. The van der Waals surface area contributed by atoms with Gasteiger partial charge in [-0.2, -0.15) is 0 Å². The predicted octanol–water partition coefficient (Wildman–Crippen LogP) is 8.54. The lowest BCUT2D eigenvalue weighted by Gasteiger charge is -2.24. The molecule has 0 N–H and O–H groups in total. The summed E-state index contributed by atoms with van der Waals surface area (Å²) in [5.74, 6) is 1.80. The molecule has 0 bridgehead atoms. The minimum atomic E-state index is -1.32. The van der Waals surface area contributed by atoms with E-state index in [1.807, 2.05) is 42.5 Å². The third kappa shape index (κ3) is 8.18. The zero-order valence-corrected chi connectivity index (χ0v) is 26.5. The van der Waals surface area contributed by atoms with Crippen molar-refractivity contribution in [1.82, 2.24) is 0 Å². The van der Waals surface area contributed by atoms with Gasteiger partial charge in [0.25, 0.3) is 0 Å². The Morgan fingerprint density at radius 2 is 1.13 bits per heavy atom. The summed E-state index contributed by atoms with van der Waals surface area (Å²) in [7, 11) is 2.99. The minimum absolute atomic E-state index is 0.0863. The second kappa shape index (κ2) is 14.4. The molecule has 5 rings (SSSR count). The van der Waals surface area contributed by atoms with E-state index < -0.39 is 17.5 Å². The van der Waals surface area contributed by atoms with E-state index in [9.17, 15) is 9.59 Å². The van der Waals surface area contributed by atoms with Crippen molar-refractivity contribution in [2.75, 3.05) is 14.2 Å². The number of ether oxygens (including phenoxy) is 6. The van der Waals surface area contributed by atoms with E-state index in [0.717, 1.165) is 11.1 Å². The molecule has 8 nitrogen and oxygen atoms in total. The molecule has 0 fully saturated rings. The van der Waals surface area contributed by atoms with Gasteiger partial charge in [0.15, 0.2) is 11.5 Å². The van der Waals surface area contributed by atoms with Crippen LogP contribution in [0.15, 0.2) is 128 Å². The summed E-state index contributed by atoms with van der Waals surface area (Å²) >= 11 is 0. The predicted molar refractivity (Wildman–Crippen MR) is 179 cm³/mol. The lowest BCUT2D eigenvalue weighted by Crippen LogP contribution is -2.41. The zero-order chi connectivity index (χ0) is 33.4. The van der Waals surface area contributed by atoms with Crippen LogP contribution in [0.5, 0.6) is 40.2 Å². The highest BCUT2D eigenvalue weighted by atomic mass is 16.6. The maximum atomic E-state index is 13.0. The molecule has 0 aliphatic heterocycles. The average molecular weight is 631 g/mol. The van der Waals surface area contributed by atoms with Crippen molar-refractivity contribution in [1.29, 1.82) is 0 Å². The highest BCUT2D eigenvalue weighted by Gasteiger charge is 2.33. The summed E-state index contributed by atoms with van der Waals surface area (Å²) in [6.45, 7) is 7.09. The number of benzene rings is 5. The topological polar surface area (TPSA) is 89.5 Å². The maximum Gasteiger partial charge on any atom is 0.355 e. The monoisotopic (exact) mass is 630 g/mol. The van der Waals surface area contributed by atoms with Crippen molar-refractivity contribution in [3.05, 3.63) is 133 Å². The number of hydrogen-bond acceptors (Lipinski definition) is 8. The van der Waals surface area contributed by atoms with Gasteiger partial charge in [-0.3, -0.25) is 0 Å². The third-order valence-electron chi connectivity index (χ3n) is 7.12. The van der Waals surface area contributed by atoms with Crippen LogP contribution in [0.3, 0.4) is 0 Å². The summed E-state index contributed by atoms with van der Waals surface area (Å²) in [6, 6.07) is 36.1. The van der Waals surface area contributed by atoms with Gasteiger partial charge in [-0.1, -0.05) is 55.1 Å². The lowest BCUT2D eigenvalue weighted by molar-refractivity contribution is -0.149. The van der Waals surface area contributed by atoms with E-state index in [-0.39, 0.29) is 17.1 Å². The standard InChI is InChI=1S/C39H34O8/c1-26(29-13-24-35(36(25-29)43-5)46-38(41)39(2,3)47-34-22-16-30(42-4)17-23-34)37(40)45-33-20-18-32(19-21-33)44-31-14-11-28(12-15-31)27-9-7-6-8-10-27/h6-25H,1H2,2-5H3. The van der Waals surface area contributed by atoms with Crippen LogP contribution in [-0.4, -0.2) is 31.8 Å². The maximum absolute atomic E-state index is 13.0. The second-order valence-electron chi connectivity index (χ2n) is 10.9. The molecule has 0 saturated carbocycles. The summed E-state index contributed by atoms with van der Waals surface area (Å²) in [4.78, 5) is 26.0. The minimum Gasteiger partial charge on any atom is -0.497 e. The van der Waals surface area contributed by atoms with Crippen molar-refractivity contribution in [2.24, 2.45) is 0 Å². The zero-order valence-electron chi connectivity index (χ0n) is 26.5. The smallest absolute Gasteiger partial charge is 0.355 e. The Morgan fingerprint density at radius 1 is 0.574 bits per heavy atom. The highest BCUT2D eigenvalue weighted by Crippen LogP contribution is 2.33. The molecular formula is C39H34O8. The Labute approximate surface area is 273 Å². The molecule has 5 aromatic carbocycles. The van der Waals surface area contributed by atoms with Gasteiger partial charge in [0, 0.05) is 0 Å². The summed E-state index contributed by atoms with van der Waals surface area (Å²) in [5.41, 5.74) is 1.41. The first-order valence-electron chi connectivity index (χ1n) is 14.7. The summed E-state index contributed by atoms with van der Waals surface area (Å²) in [5, 5.41) is 0. The first kappa shape index (κ1) is 32.4. The number of carbonyl (C=O) groups excluding carboxylic acids is 2. The molecule has 0 amide bonds. The van der Waals surface area contributed by atoms with Crippen molar-refractivity contribution in [3.63, 3.8) is 0 Å². The highest BCUT2D eigenvalue weighted by molar-refractivity contribution is 6.16.